The highest BCUT2D eigenvalue weighted by Crippen LogP contribution is 2.20. The van der Waals surface area contributed by atoms with Crippen molar-refractivity contribution in [1.82, 2.24) is 4.98 Å². The van der Waals surface area contributed by atoms with Gasteiger partial charge in [-0.25, -0.2) is 13.4 Å². The van der Waals surface area contributed by atoms with Crippen LogP contribution in [0.4, 0.5) is 16.5 Å². The van der Waals surface area contributed by atoms with E-state index in [9.17, 15) is 18.0 Å². The van der Waals surface area contributed by atoms with Gasteiger partial charge in [0, 0.05) is 35.4 Å². The van der Waals surface area contributed by atoms with Crippen LogP contribution in [0.5, 0.6) is 0 Å². The van der Waals surface area contributed by atoms with Gasteiger partial charge in [0.1, 0.15) is 0 Å². The Hall–Kier alpha value is -3.24. The molecule has 0 aliphatic heterocycles. The number of nitrogens with zero attached hydrogens (tertiary/aromatic N) is 1. The highest BCUT2D eigenvalue weighted by Gasteiger charge is 2.15. The fraction of sp³-hybridized carbons (Fsp3) is 0.0556. The number of nitrogens with one attached hydrogen (secondary N) is 3. The second-order valence-corrected chi connectivity index (χ2v) is 8.26. The van der Waals surface area contributed by atoms with Gasteiger partial charge in [0.15, 0.2) is 5.13 Å². The Morgan fingerprint density at radius 1 is 1.00 bits per heavy atom. The van der Waals surface area contributed by atoms with Gasteiger partial charge in [0.05, 0.1) is 4.90 Å². The zero-order valence-electron chi connectivity index (χ0n) is 14.7. The number of amides is 2. The lowest BCUT2D eigenvalue weighted by Crippen LogP contribution is -2.14. The maximum atomic E-state index is 12.4. The molecular formula is C18H16N4O4S2. The Bertz CT molecular complexity index is 1090. The van der Waals surface area contributed by atoms with E-state index in [2.05, 4.69) is 20.3 Å². The predicted molar refractivity (Wildman–Crippen MR) is 108 cm³/mol. The fourth-order valence-electron chi connectivity index (χ4n) is 2.31. The summed E-state index contributed by atoms with van der Waals surface area (Å²) in [5.74, 6) is -0.621. The lowest BCUT2D eigenvalue weighted by atomic mass is 10.2. The van der Waals surface area contributed by atoms with Crippen molar-refractivity contribution in [2.24, 2.45) is 0 Å². The molecule has 0 saturated heterocycles. The van der Waals surface area contributed by atoms with E-state index in [1.54, 1.807) is 29.6 Å². The third kappa shape index (κ3) is 4.93. The standard InChI is InChI=1S/C18H16N4O4S2/c1-12(23)20-15-4-2-3-13(11-15)17(24)21-14-5-7-16(8-6-14)28(25,26)22-18-19-9-10-27-18/h2-11H,1H3,(H,19,22)(H,20,23)(H,21,24). The Morgan fingerprint density at radius 2 is 1.75 bits per heavy atom. The van der Waals surface area contributed by atoms with Gasteiger partial charge < -0.3 is 10.6 Å². The Kier molecular flexibility index (Phi) is 5.71. The van der Waals surface area contributed by atoms with Crippen LogP contribution >= 0.6 is 11.3 Å². The first-order valence-corrected chi connectivity index (χ1v) is 10.4. The number of hydrogen-bond donors (Lipinski definition) is 3. The molecule has 3 N–H and O–H groups in total. The third-order valence-corrected chi connectivity index (χ3v) is 5.69. The lowest BCUT2D eigenvalue weighted by Gasteiger charge is -2.09. The van der Waals surface area contributed by atoms with Crippen LogP contribution in [0.1, 0.15) is 17.3 Å². The van der Waals surface area contributed by atoms with Gasteiger partial charge in [-0.3, -0.25) is 14.3 Å². The Labute approximate surface area is 165 Å². The molecule has 1 aromatic heterocycles. The van der Waals surface area contributed by atoms with Crippen LogP contribution < -0.4 is 15.4 Å². The van der Waals surface area contributed by atoms with E-state index >= 15 is 0 Å². The molecule has 144 valence electrons. The van der Waals surface area contributed by atoms with Gasteiger partial charge in [-0.1, -0.05) is 6.07 Å². The molecular weight excluding hydrogens is 400 g/mol. The molecule has 0 saturated carbocycles. The number of aromatic nitrogens is 1. The molecule has 2 aromatic carbocycles. The number of carbonyl (C=O) groups excluding carboxylic acids is 2. The average Bonchev–Trinajstić information content (AvgIpc) is 3.14. The first-order valence-electron chi connectivity index (χ1n) is 8.05. The number of hydrogen-bond acceptors (Lipinski definition) is 6. The Balaban J connectivity index is 1.70. The summed E-state index contributed by atoms with van der Waals surface area (Å²) >= 11 is 1.17. The van der Waals surface area contributed by atoms with Crippen LogP contribution in [-0.2, 0) is 14.8 Å². The third-order valence-electron chi connectivity index (χ3n) is 3.52. The molecule has 0 radical (unpaired) electrons. The quantitative estimate of drug-likeness (QED) is 0.571. The van der Waals surface area contributed by atoms with E-state index in [-0.39, 0.29) is 21.8 Å². The number of benzene rings is 2. The molecule has 0 bridgehead atoms. The summed E-state index contributed by atoms with van der Waals surface area (Å²) in [5, 5.41) is 7.23. The molecule has 3 rings (SSSR count). The van der Waals surface area contributed by atoms with Crippen molar-refractivity contribution in [3.05, 3.63) is 65.7 Å². The minimum Gasteiger partial charge on any atom is -0.326 e. The van der Waals surface area contributed by atoms with Crippen LogP contribution in [0.25, 0.3) is 0 Å². The molecule has 0 aliphatic carbocycles. The zero-order chi connectivity index (χ0) is 20.1. The van der Waals surface area contributed by atoms with Crippen LogP contribution in [-0.4, -0.2) is 25.2 Å². The van der Waals surface area contributed by atoms with Crippen LogP contribution in [0, 0.1) is 0 Å². The summed E-state index contributed by atoms with van der Waals surface area (Å²) < 4.78 is 27.0. The molecule has 28 heavy (non-hydrogen) atoms. The second-order valence-electron chi connectivity index (χ2n) is 5.68. The van der Waals surface area contributed by atoms with Gasteiger partial charge in [-0.15, -0.1) is 11.3 Å². The summed E-state index contributed by atoms with van der Waals surface area (Å²) in [6, 6.07) is 12.2. The van der Waals surface area contributed by atoms with Crippen molar-refractivity contribution in [2.45, 2.75) is 11.8 Å². The van der Waals surface area contributed by atoms with Gasteiger partial charge in [-0.05, 0) is 42.5 Å². The molecule has 0 fully saturated rings. The normalized spacial score (nSPS) is 10.9. The highest BCUT2D eigenvalue weighted by molar-refractivity contribution is 7.93. The molecule has 0 spiro atoms. The molecule has 2 amide bonds. The SMILES string of the molecule is CC(=O)Nc1cccc(C(=O)Nc2ccc(S(=O)(=O)Nc3nccs3)cc2)c1. The Morgan fingerprint density at radius 3 is 2.39 bits per heavy atom. The van der Waals surface area contributed by atoms with E-state index in [0.29, 0.717) is 16.9 Å². The lowest BCUT2D eigenvalue weighted by molar-refractivity contribution is -0.114. The summed E-state index contributed by atoms with van der Waals surface area (Å²) in [4.78, 5) is 27.5. The number of thiazole rings is 1. The van der Waals surface area contributed by atoms with E-state index in [1.807, 2.05) is 0 Å². The number of sulfonamides is 1. The number of carbonyl (C=O) groups is 2. The summed E-state index contributed by atoms with van der Waals surface area (Å²) in [5.41, 5.74) is 1.30. The maximum Gasteiger partial charge on any atom is 0.263 e. The molecule has 10 heteroatoms. The minimum absolute atomic E-state index is 0.0494. The smallest absolute Gasteiger partial charge is 0.263 e. The largest absolute Gasteiger partial charge is 0.326 e. The van der Waals surface area contributed by atoms with Gasteiger partial charge >= 0.3 is 0 Å². The van der Waals surface area contributed by atoms with Crippen molar-refractivity contribution in [2.75, 3.05) is 15.4 Å². The number of anilines is 3. The van der Waals surface area contributed by atoms with Crippen molar-refractivity contribution < 1.29 is 18.0 Å². The van der Waals surface area contributed by atoms with E-state index in [0.717, 1.165) is 0 Å². The molecule has 8 nitrogen and oxygen atoms in total. The first-order chi connectivity index (χ1) is 13.3. The van der Waals surface area contributed by atoms with Gasteiger partial charge in [-0.2, -0.15) is 0 Å². The van der Waals surface area contributed by atoms with Crippen LogP contribution in [0.15, 0.2) is 65.0 Å². The van der Waals surface area contributed by atoms with E-state index < -0.39 is 10.0 Å². The maximum absolute atomic E-state index is 12.4. The van der Waals surface area contributed by atoms with E-state index in [4.69, 9.17) is 0 Å². The second kappa shape index (κ2) is 8.19. The summed E-state index contributed by atoms with van der Waals surface area (Å²) in [7, 11) is -3.75. The van der Waals surface area contributed by atoms with Crippen molar-refractivity contribution in [3.8, 4) is 0 Å². The zero-order valence-corrected chi connectivity index (χ0v) is 16.3. The predicted octanol–water partition coefficient (Wildman–Crippen LogP) is 3.15. The van der Waals surface area contributed by atoms with Crippen molar-refractivity contribution in [3.63, 3.8) is 0 Å². The van der Waals surface area contributed by atoms with Crippen molar-refractivity contribution >= 4 is 49.7 Å². The molecule has 0 atom stereocenters. The first kappa shape index (κ1) is 19.5. The minimum atomic E-state index is -3.75. The van der Waals surface area contributed by atoms with Crippen LogP contribution in [0.2, 0.25) is 0 Å². The average molecular weight is 416 g/mol. The fourth-order valence-corrected chi connectivity index (χ4v) is 4.10. The molecule has 0 aliphatic rings. The van der Waals surface area contributed by atoms with Crippen molar-refractivity contribution in [1.29, 1.82) is 0 Å². The summed E-state index contributed by atoms with van der Waals surface area (Å²) in [6.07, 6.45) is 1.50. The monoisotopic (exact) mass is 416 g/mol. The summed E-state index contributed by atoms with van der Waals surface area (Å²) in [6.45, 7) is 1.38. The van der Waals surface area contributed by atoms with Gasteiger partial charge in [0.2, 0.25) is 5.91 Å². The number of rotatable bonds is 6. The van der Waals surface area contributed by atoms with E-state index in [1.165, 1.54) is 48.7 Å². The molecule has 3 aromatic rings. The molecule has 0 unspecified atom stereocenters. The topological polar surface area (TPSA) is 117 Å². The van der Waals surface area contributed by atoms with Crippen LogP contribution in [0.3, 0.4) is 0 Å². The highest BCUT2D eigenvalue weighted by atomic mass is 32.2. The van der Waals surface area contributed by atoms with Gasteiger partial charge in [0.25, 0.3) is 15.9 Å². The molecule has 1 heterocycles.